The van der Waals surface area contributed by atoms with Gasteiger partial charge < -0.3 is 9.80 Å². The molecule has 160 valence electrons. The summed E-state index contributed by atoms with van der Waals surface area (Å²) in [4.78, 5) is 33.8. The fourth-order valence-electron chi connectivity index (χ4n) is 4.59. The quantitative estimate of drug-likeness (QED) is 0.543. The fraction of sp³-hybridized carbons (Fsp3) is 0.375. The Balaban J connectivity index is 1.26. The summed E-state index contributed by atoms with van der Waals surface area (Å²) in [6.45, 7) is 4.05. The second-order valence-electron chi connectivity index (χ2n) is 8.22. The van der Waals surface area contributed by atoms with Gasteiger partial charge in [-0.15, -0.1) is 11.3 Å². The van der Waals surface area contributed by atoms with E-state index in [4.69, 9.17) is 16.6 Å². The van der Waals surface area contributed by atoms with E-state index < -0.39 is 0 Å². The molecule has 3 heterocycles. The van der Waals surface area contributed by atoms with Crippen LogP contribution in [0, 0.1) is 0 Å². The number of likely N-dealkylation sites (tertiary alicyclic amines) is 1. The summed E-state index contributed by atoms with van der Waals surface area (Å²) in [5, 5.41) is 1.85. The largest absolute Gasteiger partial charge is 0.339 e. The molecule has 5 nitrogen and oxygen atoms in total. The summed E-state index contributed by atoms with van der Waals surface area (Å²) in [6, 6.07) is 11.6. The molecule has 3 aromatic rings. The van der Waals surface area contributed by atoms with Gasteiger partial charge in [-0.05, 0) is 61.2 Å². The summed E-state index contributed by atoms with van der Waals surface area (Å²) >= 11 is 7.82. The van der Waals surface area contributed by atoms with Crippen LogP contribution in [-0.4, -0.2) is 41.3 Å². The monoisotopic (exact) mass is 453 g/mol. The van der Waals surface area contributed by atoms with Gasteiger partial charge in [0.25, 0.3) is 5.91 Å². The second kappa shape index (κ2) is 8.24. The van der Waals surface area contributed by atoms with Crippen LogP contribution in [0.3, 0.4) is 0 Å². The third-order valence-electron chi connectivity index (χ3n) is 6.32. The zero-order valence-corrected chi connectivity index (χ0v) is 19.0. The third kappa shape index (κ3) is 3.83. The maximum atomic E-state index is 13.1. The lowest BCUT2D eigenvalue weighted by Crippen LogP contribution is -2.38. The average Bonchev–Trinajstić information content (AvgIpc) is 3.41. The van der Waals surface area contributed by atoms with Crippen molar-refractivity contribution >= 4 is 50.7 Å². The molecule has 5 rings (SSSR count). The lowest BCUT2D eigenvalue weighted by molar-refractivity contribution is -0.118. The average molecular weight is 454 g/mol. The Labute approximate surface area is 190 Å². The van der Waals surface area contributed by atoms with Gasteiger partial charge in [-0.25, -0.2) is 4.98 Å². The first-order valence-corrected chi connectivity index (χ1v) is 12.0. The van der Waals surface area contributed by atoms with Gasteiger partial charge in [0.15, 0.2) is 0 Å². The van der Waals surface area contributed by atoms with E-state index in [2.05, 4.69) is 0 Å². The molecule has 2 aromatic carbocycles. The van der Waals surface area contributed by atoms with Crippen LogP contribution in [0.2, 0.25) is 5.02 Å². The number of hydrogen-bond acceptors (Lipinski definition) is 4. The fourth-order valence-corrected chi connectivity index (χ4v) is 5.87. The predicted molar refractivity (Wildman–Crippen MR) is 125 cm³/mol. The molecule has 1 saturated heterocycles. The van der Waals surface area contributed by atoms with Gasteiger partial charge in [0.05, 0.1) is 15.2 Å². The molecule has 0 saturated carbocycles. The van der Waals surface area contributed by atoms with E-state index in [1.54, 1.807) is 11.3 Å². The first-order chi connectivity index (χ1) is 15.0. The molecule has 31 heavy (non-hydrogen) atoms. The Morgan fingerprint density at radius 1 is 1.13 bits per heavy atom. The first kappa shape index (κ1) is 20.5. The molecular weight excluding hydrogens is 430 g/mol. The van der Waals surface area contributed by atoms with Gasteiger partial charge in [0, 0.05) is 48.2 Å². The first-order valence-electron chi connectivity index (χ1n) is 10.8. The Morgan fingerprint density at radius 3 is 2.71 bits per heavy atom. The van der Waals surface area contributed by atoms with Crippen LogP contribution in [0.1, 0.15) is 53.0 Å². The molecular formula is C24H24ClN3O2S. The van der Waals surface area contributed by atoms with Crippen molar-refractivity contribution in [2.75, 3.05) is 24.5 Å². The van der Waals surface area contributed by atoms with E-state index in [9.17, 15) is 9.59 Å². The number of rotatable bonds is 3. The lowest BCUT2D eigenvalue weighted by atomic mass is 9.96. The van der Waals surface area contributed by atoms with Gasteiger partial charge in [0.2, 0.25) is 5.91 Å². The van der Waals surface area contributed by atoms with Crippen molar-refractivity contribution in [2.45, 2.75) is 38.5 Å². The SMILES string of the molecule is CCC(=O)N1CCc2cc(C(=O)N3CCC(c4nc5cc(Cl)ccc5s4)CC3)ccc21. The molecule has 0 radical (unpaired) electrons. The summed E-state index contributed by atoms with van der Waals surface area (Å²) < 4.78 is 1.16. The molecule has 1 fully saturated rings. The van der Waals surface area contributed by atoms with E-state index in [1.807, 2.05) is 53.1 Å². The molecule has 2 aliphatic rings. The van der Waals surface area contributed by atoms with Gasteiger partial charge in [0.1, 0.15) is 0 Å². The van der Waals surface area contributed by atoms with Crippen molar-refractivity contribution in [2.24, 2.45) is 0 Å². The smallest absolute Gasteiger partial charge is 0.253 e. The molecule has 0 aliphatic carbocycles. The highest BCUT2D eigenvalue weighted by atomic mass is 35.5. The number of fused-ring (bicyclic) bond motifs is 2. The molecule has 2 aliphatic heterocycles. The number of piperidine rings is 1. The van der Waals surface area contributed by atoms with E-state index in [0.717, 1.165) is 64.4 Å². The molecule has 2 amide bonds. The Hall–Kier alpha value is -2.44. The summed E-state index contributed by atoms with van der Waals surface area (Å²) in [5.74, 6) is 0.600. The highest BCUT2D eigenvalue weighted by molar-refractivity contribution is 7.18. The molecule has 0 N–H and O–H groups in total. The van der Waals surface area contributed by atoms with Gasteiger partial charge >= 0.3 is 0 Å². The number of benzene rings is 2. The Morgan fingerprint density at radius 2 is 1.94 bits per heavy atom. The van der Waals surface area contributed by atoms with Gasteiger partial charge in [-0.3, -0.25) is 9.59 Å². The number of carbonyl (C=O) groups excluding carboxylic acids is 2. The van der Waals surface area contributed by atoms with E-state index in [0.29, 0.717) is 23.9 Å². The van der Waals surface area contributed by atoms with Crippen molar-refractivity contribution in [1.82, 2.24) is 9.88 Å². The van der Waals surface area contributed by atoms with Crippen LogP contribution in [0.15, 0.2) is 36.4 Å². The molecule has 0 bridgehead atoms. The Kier molecular flexibility index (Phi) is 5.44. The van der Waals surface area contributed by atoms with E-state index >= 15 is 0 Å². The Bertz CT molecular complexity index is 1170. The third-order valence-corrected chi connectivity index (χ3v) is 7.76. The standard InChI is InChI=1S/C24H24ClN3O2S/c1-2-22(29)28-12-9-16-13-17(3-5-20(16)28)24(30)27-10-7-15(8-11-27)23-26-19-14-18(25)4-6-21(19)31-23/h3-6,13-15H,2,7-12H2,1H3. The zero-order valence-electron chi connectivity index (χ0n) is 17.4. The van der Waals surface area contributed by atoms with Crippen LogP contribution in [0.4, 0.5) is 5.69 Å². The second-order valence-corrected chi connectivity index (χ2v) is 9.72. The van der Waals surface area contributed by atoms with Crippen LogP contribution in [0.25, 0.3) is 10.2 Å². The number of nitrogens with zero attached hydrogens (tertiary/aromatic N) is 3. The van der Waals surface area contributed by atoms with E-state index in [1.165, 1.54) is 0 Å². The van der Waals surface area contributed by atoms with Crippen LogP contribution in [0.5, 0.6) is 0 Å². The number of amides is 2. The topological polar surface area (TPSA) is 53.5 Å². The van der Waals surface area contributed by atoms with Crippen LogP contribution < -0.4 is 4.90 Å². The van der Waals surface area contributed by atoms with Gasteiger partial charge in [-0.1, -0.05) is 18.5 Å². The van der Waals surface area contributed by atoms with Crippen molar-refractivity contribution in [3.63, 3.8) is 0 Å². The maximum absolute atomic E-state index is 13.1. The normalized spacial score (nSPS) is 16.7. The molecule has 0 atom stereocenters. The highest BCUT2D eigenvalue weighted by Crippen LogP contribution is 2.35. The minimum atomic E-state index is 0.0811. The number of halogens is 1. The summed E-state index contributed by atoms with van der Waals surface area (Å²) in [5.41, 5.74) is 3.73. The summed E-state index contributed by atoms with van der Waals surface area (Å²) in [7, 11) is 0. The maximum Gasteiger partial charge on any atom is 0.253 e. The van der Waals surface area contributed by atoms with Crippen molar-refractivity contribution in [1.29, 1.82) is 0 Å². The van der Waals surface area contributed by atoms with Crippen molar-refractivity contribution in [3.05, 3.63) is 57.6 Å². The number of hydrogen-bond donors (Lipinski definition) is 0. The van der Waals surface area contributed by atoms with Crippen molar-refractivity contribution in [3.8, 4) is 0 Å². The summed E-state index contributed by atoms with van der Waals surface area (Å²) in [6.07, 6.45) is 3.15. The zero-order chi connectivity index (χ0) is 21.5. The predicted octanol–water partition coefficient (Wildman–Crippen LogP) is 5.27. The van der Waals surface area contributed by atoms with Crippen molar-refractivity contribution < 1.29 is 9.59 Å². The molecule has 1 aromatic heterocycles. The minimum absolute atomic E-state index is 0.0811. The van der Waals surface area contributed by atoms with Crippen LogP contribution >= 0.6 is 22.9 Å². The minimum Gasteiger partial charge on any atom is -0.339 e. The van der Waals surface area contributed by atoms with Gasteiger partial charge in [-0.2, -0.15) is 0 Å². The number of anilines is 1. The van der Waals surface area contributed by atoms with Crippen LogP contribution in [-0.2, 0) is 11.2 Å². The lowest BCUT2D eigenvalue weighted by Gasteiger charge is -2.31. The highest BCUT2D eigenvalue weighted by Gasteiger charge is 2.28. The molecule has 0 unspecified atom stereocenters. The number of aromatic nitrogens is 1. The molecule has 7 heteroatoms. The number of carbonyl (C=O) groups is 2. The molecule has 0 spiro atoms. The number of thiazole rings is 1. The van der Waals surface area contributed by atoms with E-state index in [-0.39, 0.29) is 11.8 Å².